The molecule has 7 heteroatoms. The first kappa shape index (κ1) is 20.2. The maximum Gasteiger partial charge on any atom is 0.233 e. The average Bonchev–Trinajstić information content (AvgIpc) is 3.61. The Bertz CT molecular complexity index is 945. The number of nitrogens with zero attached hydrogens (tertiary/aromatic N) is 5. The van der Waals surface area contributed by atoms with Crippen molar-refractivity contribution in [3.05, 3.63) is 47.5 Å². The molecule has 31 heavy (non-hydrogen) atoms. The van der Waals surface area contributed by atoms with Gasteiger partial charge in [-0.05, 0) is 56.7 Å². The van der Waals surface area contributed by atoms with E-state index < -0.39 is 5.41 Å². The Balaban J connectivity index is 1.26. The molecule has 1 aliphatic carbocycles. The normalized spacial score (nSPS) is 20.6. The smallest absolute Gasteiger partial charge is 0.233 e. The minimum atomic E-state index is -0.442. The van der Waals surface area contributed by atoms with Crippen LogP contribution in [0.3, 0.4) is 0 Å². The van der Waals surface area contributed by atoms with E-state index in [2.05, 4.69) is 25.8 Å². The molecule has 2 aliphatic heterocycles. The molecule has 2 saturated heterocycles. The molecule has 0 atom stereocenters. The summed E-state index contributed by atoms with van der Waals surface area (Å²) < 4.78 is 13.3. The summed E-state index contributed by atoms with van der Waals surface area (Å²) >= 11 is 0. The average molecular weight is 424 g/mol. The third kappa shape index (κ3) is 3.98. The summed E-state index contributed by atoms with van der Waals surface area (Å²) in [5, 5.41) is 0. The van der Waals surface area contributed by atoms with Crippen LogP contribution in [-0.2, 0) is 10.2 Å². The number of anilines is 2. The Kier molecular flexibility index (Phi) is 5.28. The Morgan fingerprint density at radius 1 is 0.871 bits per heavy atom. The minimum absolute atomic E-state index is 0.187. The monoisotopic (exact) mass is 423 g/mol. The van der Waals surface area contributed by atoms with Crippen molar-refractivity contribution >= 4 is 17.5 Å². The van der Waals surface area contributed by atoms with E-state index in [0.29, 0.717) is 13.1 Å². The second-order valence-corrected chi connectivity index (χ2v) is 9.05. The quantitative estimate of drug-likeness (QED) is 0.755. The first-order valence-corrected chi connectivity index (χ1v) is 11.5. The van der Waals surface area contributed by atoms with E-state index in [0.717, 1.165) is 62.0 Å². The van der Waals surface area contributed by atoms with Crippen LogP contribution in [-0.4, -0.2) is 60.0 Å². The third-order valence-electron chi connectivity index (χ3n) is 6.94. The molecule has 1 aromatic heterocycles. The lowest BCUT2D eigenvalue weighted by Gasteiger charge is -2.37. The van der Waals surface area contributed by atoms with Gasteiger partial charge in [-0.3, -0.25) is 4.79 Å². The Morgan fingerprint density at radius 2 is 1.45 bits per heavy atom. The van der Waals surface area contributed by atoms with Crippen LogP contribution >= 0.6 is 0 Å². The van der Waals surface area contributed by atoms with Crippen LogP contribution in [0.15, 0.2) is 30.3 Å². The first-order chi connectivity index (χ1) is 15.0. The Hall–Kier alpha value is -2.70. The summed E-state index contributed by atoms with van der Waals surface area (Å²) in [5.74, 6) is 2.70. The standard InChI is InChI=1S/C24H30FN5O/c1-18-26-21(28-11-3-2-4-12-28)17-22(27-18)29-13-15-30(16-14-29)23(31)24(9-10-24)19-5-7-20(25)8-6-19/h5-8,17H,2-4,9-16H2,1H3. The summed E-state index contributed by atoms with van der Waals surface area (Å²) in [7, 11) is 0. The van der Waals surface area contributed by atoms with E-state index in [-0.39, 0.29) is 11.7 Å². The summed E-state index contributed by atoms with van der Waals surface area (Å²) in [4.78, 5) is 29.3. The van der Waals surface area contributed by atoms with Crippen molar-refractivity contribution in [2.75, 3.05) is 49.1 Å². The number of piperidine rings is 1. The number of aryl methyl sites for hydroxylation is 1. The fourth-order valence-corrected chi connectivity index (χ4v) is 4.94. The number of rotatable bonds is 4. The topological polar surface area (TPSA) is 52.6 Å². The van der Waals surface area contributed by atoms with Gasteiger partial charge in [-0.25, -0.2) is 14.4 Å². The Labute approximate surface area is 183 Å². The zero-order valence-corrected chi connectivity index (χ0v) is 18.2. The van der Waals surface area contributed by atoms with E-state index in [1.54, 1.807) is 12.1 Å². The highest BCUT2D eigenvalue weighted by Crippen LogP contribution is 2.49. The molecule has 0 radical (unpaired) electrons. The molecule has 0 N–H and O–H groups in total. The van der Waals surface area contributed by atoms with Gasteiger partial charge in [0.05, 0.1) is 5.41 Å². The number of carbonyl (C=O) groups is 1. The van der Waals surface area contributed by atoms with Crippen LogP contribution in [0.4, 0.5) is 16.0 Å². The minimum Gasteiger partial charge on any atom is -0.356 e. The van der Waals surface area contributed by atoms with Crippen molar-refractivity contribution in [2.24, 2.45) is 0 Å². The van der Waals surface area contributed by atoms with Crippen molar-refractivity contribution < 1.29 is 9.18 Å². The predicted molar refractivity (Wildman–Crippen MR) is 119 cm³/mol. The molecule has 0 unspecified atom stereocenters. The molecule has 3 heterocycles. The number of hydrogen-bond donors (Lipinski definition) is 0. The van der Waals surface area contributed by atoms with Crippen LogP contribution in [0, 0.1) is 12.7 Å². The largest absolute Gasteiger partial charge is 0.356 e. The lowest BCUT2D eigenvalue weighted by Crippen LogP contribution is -2.51. The SMILES string of the molecule is Cc1nc(N2CCCCC2)cc(N2CCN(C(=O)C3(c4ccc(F)cc4)CC3)CC2)n1. The summed E-state index contributed by atoms with van der Waals surface area (Å²) in [6.45, 7) is 6.97. The fourth-order valence-electron chi connectivity index (χ4n) is 4.94. The number of carbonyl (C=O) groups excluding carboxylic acids is 1. The van der Waals surface area contributed by atoms with Crippen LogP contribution < -0.4 is 9.80 Å². The molecule has 1 aromatic carbocycles. The van der Waals surface area contributed by atoms with Crippen LogP contribution in [0.1, 0.15) is 43.5 Å². The number of hydrogen-bond acceptors (Lipinski definition) is 5. The van der Waals surface area contributed by atoms with Gasteiger partial charge in [-0.1, -0.05) is 12.1 Å². The number of piperazine rings is 1. The van der Waals surface area contributed by atoms with Gasteiger partial charge in [-0.15, -0.1) is 0 Å². The number of amides is 1. The van der Waals surface area contributed by atoms with Gasteiger partial charge in [0.2, 0.25) is 5.91 Å². The number of halogens is 1. The van der Waals surface area contributed by atoms with Crippen molar-refractivity contribution in [2.45, 2.75) is 44.4 Å². The molecular weight excluding hydrogens is 393 g/mol. The molecule has 164 valence electrons. The molecule has 2 aromatic rings. The van der Waals surface area contributed by atoms with Crippen LogP contribution in [0.25, 0.3) is 0 Å². The summed E-state index contributed by atoms with van der Waals surface area (Å²) in [6.07, 6.45) is 5.43. The van der Waals surface area contributed by atoms with Gasteiger partial charge in [0.15, 0.2) is 0 Å². The molecule has 0 bridgehead atoms. The van der Waals surface area contributed by atoms with Crippen molar-refractivity contribution in [3.63, 3.8) is 0 Å². The van der Waals surface area contributed by atoms with Crippen molar-refractivity contribution in [3.8, 4) is 0 Å². The molecule has 6 nitrogen and oxygen atoms in total. The van der Waals surface area contributed by atoms with Gasteiger partial charge in [0.1, 0.15) is 23.3 Å². The lowest BCUT2D eigenvalue weighted by atomic mass is 9.94. The maximum atomic E-state index is 13.3. The molecular formula is C24H30FN5O. The molecule has 0 spiro atoms. The van der Waals surface area contributed by atoms with Gasteiger partial charge in [0.25, 0.3) is 0 Å². The predicted octanol–water partition coefficient (Wildman–Crippen LogP) is 3.29. The molecule has 3 aliphatic rings. The van der Waals surface area contributed by atoms with Crippen molar-refractivity contribution in [1.82, 2.24) is 14.9 Å². The number of benzene rings is 1. The van der Waals surface area contributed by atoms with Crippen LogP contribution in [0.2, 0.25) is 0 Å². The zero-order valence-electron chi connectivity index (χ0n) is 18.2. The van der Waals surface area contributed by atoms with Gasteiger partial charge >= 0.3 is 0 Å². The van der Waals surface area contributed by atoms with Gasteiger partial charge < -0.3 is 14.7 Å². The third-order valence-corrected chi connectivity index (χ3v) is 6.94. The highest BCUT2D eigenvalue weighted by Gasteiger charge is 2.53. The summed E-state index contributed by atoms with van der Waals surface area (Å²) in [6, 6.07) is 8.55. The lowest BCUT2D eigenvalue weighted by molar-refractivity contribution is -0.134. The summed E-state index contributed by atoms with van der Waals surface area (Å²) in [5.41, 5.74) is 0.502. The highest BCUT2D eigenvalue weighted by molar-refractivity contribution is 5.91. The van der Waals surface area contributed by atoms with E-state index in [9.17, 15) is 9.18 Å². The number of aromatic nitrogens is 2. The van der Waals surface area contributed by atoms with E-state index >= 15 is 0 Å². The van der Waals surface area contributed by atoms with E-state index in [1.807, 2.05) is 11.8 Å². The van der Waals surface area contributed by atoms with E-state index in [4.69, 9.17) is 0 Å². The van der Waals surface area contributed by atoms with Crippen LogP contribution in [0.5, 0.6) is 0 Å². The van der Waals surface area contributed by atoms with Crippen molar-refractivity contribution in [1.29, 1.82) is 0 Å². The molecule has 1 amide bonds. The molecule has 5 rings (SSSR count). The molecule has 3 fully saturated rings. The highest BCUT2D eigenvalue weighted by atomic mass is 19.1. The zero-order chi connectivity index (χ0) is 21.4. The second kappa shape index (κ2) is 8.09. The van der Waals surface area contributed by atoms with E-state index in [1.165, 1.54) is 31.4 Å². The van der Waals surface area contributed by atoms with Gasteiger partial charge in [0, 0.05) is 45.3 Å². The second-order valence-electron chi connectivity index (χ2n) is 9.05. The fraction of sp³-hybridized carbons (Fsp3) is 0.542. The Morgan fingerprint density at radius 3 is 2.03 bits per heavy atom. The maximum absolute atomic E-state index is 13.3. The molecule has 1 saturated carbocycles. The van der Waals surface area contributed by atoms with Gasteiger partial charge in [-0.2, -0.15) is 0 Å². The first-order valence-electron chi connectivity index (χ1n) is 11.5.